The zero-order valence-electron chi connectivity index (χ0n) is 60.4. The number of ether oxygens (including phenoxy) is 11. The van der Waals surface area contributed by atoms with E-state index in [0.717, 1.165) is 64.4 Å². The van der Waals surface area contributed by atoms with Crippen molar-refractivity contribution >= 4 is 82.9 Å². The lowest BCUT2D eigenvalue weighted by Crippen LogP contribution is -2.09. The first-order chi connectivity index (χ1) is 50.1. The molecule has 2 unspecified atom stereocenters. The predicted molar refractivity (Wildman–Crippen MR) is 356 cm³/mol. The number of hydrogen-bond acceptors (Lipinski definition) is 41. The number of alkyl halides is 2. The lowest BCUT2D eigenvalue weighted by atomic mass is 10.1. The van der Waals surface area contributed by atoms with Crippen LogP contribution in [0.15, 0.2) is 0 Å². The zero-order chi connectivity index (χ0) is 80.2. The van der Waals surface area contributed by atoms with E-state index in [1.165, 1.54) is 0 Å². The first-order valence-corrected chi connectivity index (χ1v) is 33.8. The van der Waals surface area contributed by atoms with Gasteiger partial charge in [0.1, 0.15) is 0 Å². The SMILES string of the molecule is CCOCCCC(=O)OO.CCOCCCCC(=O)OO.COCCCC(=O)OO.COCCCCC(=O)OO.COCCCCCC(=O)OO.COCCOCCC(=O)OO.O=C(CC1CCOC1)OO.O=C(CCC1CCCO1)OO.O=C(CCOCCCCl)OO.O=C(CCOCCCl)OO. The molecule has 2 atom stereocenters. The maximum atomic E-state index is 10.4. The van der Waals surface area contributed by atoms with Crippen molar-refractivity contribution in [3.63, 3.8) is 0 Å². The molecular weight excluding hydrogens is 1460 g/mol. The van der Waals surface area contributed by atoms with Crippen LogP contribution in [-0.4, -0.2) is 271 Å². The third-order valence-corrected chi connectivity index (χ3v) is 12.0. The molecule has 104 heavy (non-hydrogen) atoms. The summed E-state index contributed by atoms with van der Waals surface area (Å²) in [5, 5.41) is 78.3. The van der Waals surface area contributed by atoms with Crippen LogP contribution >= 0.6 is 23.2 Å². The van der Waals surface area contributed by atoms with Crippen LogP contribution in [0.4, 0.5) is 0 Å². The van der Waals surface area contributed by atoms with E-state index < -0.39 is 59.7 Å². The zero-order valence-corrected chi connectivity index (χ0v) is 62.0. The normalized spacial score (nSPS) is 12.4. The van der Waals surface area contributed by atoms with Crippen molar-refractivity contribution in [3.8, 4) is 0 Å². The summed E-state index contributed by atoms with van der Waals surface area (Å²) < 4.78 is 53.8. The van der Waals surface area contributed by atoms with E-state index in [4.69, 9.17) is 118 Å². The summed E-state index contributed by atoms with van der Waals surface area (Å²) in [7, 11) is 6.35. The number of hydrogen-bond donors (Lipinski definition) is 10. The average Bonchev–Trinajstić information content (AvgIpc) is 2.02. The molecular formula is C61H116Cl2O41. The summed E-state index contributed by atoms with van der Waals surface area (Å²) in [4.78, 5) is 137. The van der Waals surface area contributed by atoms with Crippen molar-refractivity contribution in [2.24, 2.45) is 5.92 Å². The first kappa shape index (κ1) is 114. The van der Waals surface area contributed by atoms with Gasteiger partial charge in [-0.3, -0.25) is 0 Å². The molecule has 0 aliphatic carbocycles. The van der Waals surface area contributed by atoms with Crippen molar-refractivity contribution in [2.75, 3.05) is 153 Å². The third-order valence-electron chi connectivity index (χ3n) is 11.6. The summed E-state index contributed by atoms with van der Waals surface area (Å²) in [6.07, 6.45) is 13.2. The minimum absolute atomic E-state index is 0.0490. The molecule has 2 rings (SSSR count). The monoisotopic (exact) mass is 1570 g/mol. The Balaban J connectivity index is -0.000000164. The van der Waals surface area contributed by atoms with Crippen molar-refractivity contribution in [1.29, 1.82) is 0 Å². The van der Waals surface area contributed by atoms with Gasteiger partial charge >= 0.3 is 59.7 Å². The number of unbranched alkanes of at least 4 members (excludes halogenated alkanes) is 4. The standard InChI is InChI=1S/C7H12O4.2C7H14O4.C6H11ClO4.C6H12O5.C6H10O4.2C6H12O4.C5H9ClO4.C5H10O4/c8-7(11-9)4-3-6-2-1-5-10-6;1-10-6-4-2-3-5-7(8)11-9;1-2-10-6-4-3-5-7(8)11-9;7-3-1-4-10-5-2-6(8)11-9;1-9-4-5-10-3-2-6(7)11-8;7-6(10-8)3-5-1-2-9-4-5;1-9-5-3-2-4-6(7)10-8;1-2-9-5-3-4-6(7)10-8;6-2-4-9-3-1-5(7)10-8;1-8-4-2-3-5(6)9-7/h6,9H,1-5H2;2*9H,2-6H2,1H3;9H,1-5H2;8H,2-5H2,1H3;5,8H,1-4H2;2*8H,2-5H2,1H3;8H,1-4H2;7H,2-4H2,1H3. The number of rotatable bonds is 48. The van der Waals surface area contributed by atoms with Gasteiger partial charge in [0.15, 0.2) is 0 Å². The highest BCUT2D eigenvalue weighted by atomic mass is 35.5. The number of methoxy groups -OCH3 is 4. The van der Waals surface area contributed by atoms with Gasteiger partial charge in [-0.25, -0.2) is 47.9 Å². The van der Waals surface area contributed by atoms with Gasteiger partial charge in [-0.05, 0) is 103 Å². The van der Waals surface area contributed by atoms with Crippen LogP contribution in [0.2, 0.25) is 0 Å². The van der Waals surface area contributed by atoms with Crippen molar-refractivity contribution in [1.82, 2.24) is 0 Å². The van der Waals surface area contributed by atoms with E-state index in [9.17, 15) is 47.9 Å². The number of halogens is 2. The molecule has 43 heteroatoms. The molecule has 0 amide bonds. The molecule has 0 aromatic heterocycles. The molecule has 0 radical (unpaired) electrons. The Bertz CT molecular complexity index is 1730. The lowest BCUT2D eigenvalue weighted by molar-refractivity contribution is -0.235. The number of carbonyl (C=O) groups excluding carboxylic acids is 10. The average molecular weight is 1580 g/mol. The van der Waals surface area contributed by atoms with Crippen molar-refractivity contribution in [2.45, 2.75) is 174 Å². The van der Waals surface area contributed by atoms with Gasteiger partial charge in [-0.2, -0.15) is 52.6 Å². The maximum Gasteiger partial charge on any atom is 0.344 e. The molecule has 41 nitrogen and oxygen atoms in total. The van der Waals surface area contributed by atoms with Gasteiger partial charge in [0.2, 0.25) is 0 Å². The predicted octanol–water partition coefficient (Wildman–Crippen LogP) is 7.62. The van der Waals surface area contributed by atoms with Crippen molar-refractivity contribution in [3.05, 3.63) is 0 Å². The molecule has 0 aromatic rings. The van der Waals surface area contributed by atoms with Crippen LogP contribution in [0.25, 0.3) is 0 Å². The summed E-state index contributed by atoms with van der Waals surface area (Å²) >= 11 is 10.6. The fourth-order valence-corrected chi connectivity index (χ4v) is 6.57. The van der Waals surface area contributed by atoms with E-state index in [1.807, 2.05) is 13.8 Å². The highest BCUT2D eigenvalue weighted by Gasteiger charge is 2.20. The van der Waals surface area contributed by atoms with Crippen LogP contribution in [-0.2, 0) is 149 Å². The van der Waals surface area contributed by atoms with Gasteiger partial charge in [0.25, 0.3) is 0 Å². The van der Waals surface area contributed by atoms with Crippen LogP contribution in [0.3, 0.4) is 0 Å². The topological polar surface area (TPSA) is 567 Å². The van der Waals surface area contributed by atoms with Gasteiger partial charge < -0.3 is 101 Å². The smallest absolute Gasteiger partial charge is 0.344 e. The minimum atomic E-state index is -0.699. The fourth-order valence-electron chi connectivity index (χ4n) is 6.35. The Morgan fingerprint density at radius 3 is 1.03 bits per heavy atom. The van der Waals surface area contributed by atoms with Gasteiger partial charge in [0.05, 0.1) is 97.3 Å². The first-order valence-electron chi connectivity index (χ1n) is 32.7. The second-order valence-corrected chi connectivity index (χ2v) is 20.6. The quantitative estimate of drug-likeness (QED) is 0.00920. The Kier molecular flexibility index (Phi) is 112. The Morgan fingerprint density at radius 2 is 0.663 bits per heavy atom. The van der Waals surface area contributed by atoms with E-state index in [2.05, 4.69) is 58.3 Å². The van der Waals surface area contributed by atoms with E-state index in [0.29, 0.717) is 130 Å². The summed E-state index contributed by atoms with van der Waals surface area (Å²) in [6.45, 7) is 12.9. The molecule has 2 saturated heterocycles. The van der Waals surface area contributed by atoms with Gasteiger partial charge in [-0.1, -0.05) is 6.42 Å². The van der Waals surface area contributed by atoms with Gasteiger partial charge in [-0.15, -0.1) is 23.2 Å². The maximum absolute atomic E-state index is 10.4. The van der Waals surface area contributed by atoms with E-state index in [-0.39, 0.29) is 96.1 Å². The number of carbonyl (C=O) groups is 10. The molecule has 0 aromatic carbocycles. The summed E-state index contributed by atoms with van der Waals surface area (Å²) in [5.41, 5.74) is 0. The van der Waals surface area contributed by atoms with Crippen molar-refractivity contribution < 1.29 is 201 Å². The lowest BCUT2D eigenvalue weighted by Gasteiger charge is -2.05. The second-order valence-electron chi connectivity index (χ2n) is 19.9. The van der Waals surface area contributed by atoms with Crippen LogP contribution in [0.5, 0.6) is 0 Å². The molecule has 0 saturated carbocycles. The van der Waals surface area contributed by atoms with Gasteiger partial charge in [0, 0.05) is 126 Å². The Morgan fingerprint density at radius 1 is 0.327 bits per heavy atom. The highest BCUT2D eigenvalue weighted by Crippen LogP contribution is 2.17. The molecule has 0 bridgehead atoms. The largest absolute Gasteiger partial charge is 0.385 e. The minimum Gasteiger partial charge on any atom is -0.385 e. The van der Waals surface area contributed by atoms with E-state index >= 15 is 0 Å². The molecule has 2 aliphatic heterocycles. The van der Waals surface area contributed by atoms with E-state index in [1.54, 1.807) is 28.4 Å². The summed E-state index contributed by atoms with van der Waals surface area (Å²) in [5.74, 6) is -5.02. The Hall–Kier alpha value is -5.56. The molecule has 2 fully saturated rings. The third kappa shape index (κ3) is 112. The highest BCUT2D eigenvalue weighted by molar-refractivity contribution is 6.18. The van der Waals surface area contributed by atoms with Crippen LogP contribution in [0.1, 0.15) is 168 Å². The molecule has 620 valence electrons. The molecule has 0 spiro atoms. The Labute approximate surface area is 615 Å². The summed E-state index contributed by atoms with van der Waals surface area (Å²) in [6, 6.07) is 0. The molecule has 10 N–H and O–H groups in total. The van der Waals surface area contributed by atoms with Crippen LogP contribution < -0.4 is 0 Å². The second kappa shape index (κ2) is 102. The molecule has 2 aliphatic rings. The fraction of sp³-hybridized carbons (Fsp3) is 0.836. The van der Waals surface area contributed by atoms with Crippen LogP contribution in [0, 0.1) is 5.92 Å². The molecule has 2 heterocycles.